The first-order chi connectivity index (χ1) is 19.1. The monoisotopic (exact) mass is 568 g/mol. The van der Waals surface area contributed by atoms with Crippen LogP contribution in [0, 0.1) is 17.5 Å². The van der Waals surface area contributed by atoms with Crippen molar-refractivity contribution in [3.05, 3.63) is 102 Å². The number of hydrogen-bond donors (Lipinski definition) is 1. The van der Waals surface area contributed by atoms with Crippen LogP contribution in [0.2, 0.25) is 0 Å². The van der Waals surface area contributed by atoms with Crippen LogP contribution in [0.4, 0.5) is 18.9 Å². The fraction of sp³-hybridized carbons (Fsp3) is 0.241. The van der Waals surface area contributed by atoms with E-state index in [2.05, 4.69) is 9.71 Å². The number of hydrogen-bond acceptors (Lipinski definition) is 5. The van der Waals surface area contributed by atoms with Crippen molar-refractivity contribution >= 4 is 32.5 Å². The molecule has 0 unspecified atom stereocenters. The molecule has 5 rings (SSSR count). The number of nitrogens with one attached hydrogen (secondary N) is 1. The van der Waals surface area contributed by atoms with Gasteiger partial charge < -0.3 is 4.90 Å². The Bertz CT molecular complexity index is 1660. The molecule has 208 valence electrons. The molecule has 4 aromatic rings. The first-order valence-corrected chi connectivity index (χ1v) is 14.2. The molecule has 0 spiro atoms. The molecule has 2 heterocycles. The van der Waals surface area contributed by atoms with Crippen LogP contribution in [0.5, 0.6) is 0 Å². The maximum atomic E-state index is 14.0. The highest BCUT2D eigenvalue weighted by Gasteiger charge is 2.28. The number of benzene rings is 3. The van der Waals surface area contributed by atoms with Crippen LogP contribution in [-0.2, 0) is 16.4 Å². The van der Waals surface area contributed by atoms with Gasteiger partial charge in [0, 0.05) is 60.6 Å². The highest BCUT2D eigenvalue weighted by Crippen LogP contribution is 2.24. The lowest BCUT2D eigenvalue weighted by Crippen LogP contribution is -2.54. The molecule has 7 nitrogen and oxygen atoms in total. The van der Waals surface area contributed by atoms with E-state index < -0.39 is 27.5 Å². The van der Waals surface area contributed by atoms with Gasteiger partial charge in [0.25, 0.3) is 15.9 Å². The summed E-state index contributed by atoms with van der Waals surface area (Å²) in [7, 11) is -3.92. The Labute approximate surface area is 230 Å². The van der Waals surface area contributed by atoms with Crippen molar-refractivity contribution in [2.45, 2.75) is 24.3 Å². The zero-order valence-corrected chi connectivity index (χ0v) is 22.5. The minimum Gasteiger partial charge on any atom is -0.333 e. The van der Waals surface area contributed by atoms with Gasteiger partial charge in [-0.25, -0.2) is 21.6 Å². The van der Waals surface area contributed by atoms with E-state index in [1.165, 1.54) is 24.4 Å². The predicted molar refractivity (Wildman–Crippen MR) is 146 cm³/mol. The van der Waals surface area contributed by atoms with Crippen molar-refractivity contribution in [2.24, 2.45) is 0 Å². The molecule has 0 radical (unpaired) electrons. The molecule has 1 atom stereocenters. The second-order valence-electron chi connectivity index (χ2n) is 9.73. The quantitative estimate of drug-likeness (QED) is 0.323. The lowest BCUT2D eigenvalue weighted by atomic mass is 10.1. The summed E-state index contributed by atoms with van der Waals surface area (Å²) >= 11 is 0. The highest BCUT2D eigenvalue weighted by atomic mass is 32.2. The van der Waals surface area contributed by atoms with E-state index in [4.69, 9.17) is 0 Å². The number of sulfonamides is 1. The van der Waals surface area contributed by atoms with Crippen LogP contribution in [-0.4, -0.2) is 61.3 Å². The number of aromatic nitrogens is 1. The van der Waals surface area contributed by atoms with E-state index in [1.807, 2.05) is 11.8 Å². The molecular weight excluding hydrogens is 541 g/mol. The smallest absolute Gasteiger partial charge is 0.264 e. The van der Waals surface area contributed by atoms with Crippen molar-refractivity contribution in [2.75, 3.05) is 30.9 Å². The summed E-state index contributed by atoms with van der Waals surface area (Å²) in [5.74, 6) is -3.23. The lowest BCUT2D eigenvalue weighted by molar-refractivity contribution is 0.0491. The molecule has 40 heavy (non-hydrogen) atoms. The highest BCUT2D eigenvalue weighted by molar-refractivity contribution is 7.93. The zero-order valence-electron chi connectivity index (χ0n) is 21.6. The molecule has 1 aliphatic rings. The fourth-order valence-corrected chi connectivity index (χ4v) is 6.20. The SMILES string of the molecule is C[C@H]1CN(CCc2c(F)ccc(F)c2F)CCN1C(=O)c1ccc(NS(=O)(=O)c2cccc3cccnc23)cc1. The summed E-state index contributed by atoms with van der Waals surface area (Å²) < 4.78 is 70.1. The fourth-order valence-electron chi connectivity index (χ4n) is 4.96. The standard InChI is InChI=1S/C29H27F3N4O3S/c1-19-18-35(15-13-23-24(30)11-12-25(31)27(23)32)16-17-36(19)29(37)21-7-9-22(10-8-21)34-40(38,39)26-6-2-4-20-5-3-14-33-28(20)26/h2-12,14,19,34H,13,15-18H2,1H3/t19-/m0/s1. The molecule has 11 heteroatoms. The second-order valence-corrected chi connectivity index (χ2v) is 11.4. The number of rotatable bonds is 7. The van der Waals surface area contributed by atoms with E-state index in [0.29, 0.717) is 48.3 Å². The summed E-state index contributed by atoms with van der Waals surface area (Å²) in [5.41, 5.74) is 0.792. The molecule has 0 bridgehead atoms. The van der Waals surface area contributed by atoms with Crippen molar-refractivity contribution in [1.29, 1.82) is 0 Å². The van der Waals surface area contributed by atoms with Crippen molar-refractivity contribution in [3.63, 3.8) is 0 Å². The Hall–Kier alpha value is -3.96. The van der Waals surface area contributed by atoms with Gasteiger partial charge in [-0.15, -0.1) is 0 Å². The van der Waals surface area contributed by atoms with Gasteiger partial charge in [-0.05, 0) is 61.9 Å². The summed E-state index contributed by atoms with van der Waals surface area (Å²) in [5, 5.41) is 0.703. The third-order valence-corrected chi connectivity index (χ3v) is 8.47. The van der Waals surface area contributed by atoms with Gasteiger partial charge in [0.15, 0.2) is 11.6 Å². The Morgan fingerprint density at radius 2 is 1.70 bits per heavy atom. The van der Waals surface area contributed by atoms with Crippen molar-refractivity contribution in [3.8, 4) is 0 Å². The number of amides is 1. The van der Waals surface area contributed by atoms with Gasteiger partial charge in [0.1, 0.15) is 10.7 Å². The molecule has 3 aromatic carbocycles. The van der Waals surface area contributed by atoms with Gasteiger partial charge in [0.2, 0.25) is 0 Å². The molecule has 1 aliphatic heterocycles. The minimum atomic E-state index is -3.92. The average Bonchev–Trinajstić information content (AvgIpc) is 2.94. The topological polar surface area (TPSA) is 82.6 Å². The Morgan fingerprint density at radius 3 is 2.45 bits per heavy atom. The maximum Gasteiger partial charge on any atom is 0.264 e. The number of carbonyl (C=O) groups is 1. The summed E-state index contributed by atoms with van der Waals surface area (Å²) in [6.07, 6.45) is 1.55. The minimum absolute atomic E-state index is 0.0162. The number of pyridine rings is 1. The zero-order chi connectivity index (χ0) is 28.4. The van der Waals surface area contributed by atoms with Gasteiger partial charge in [-0.3, -0.25) is 19.4 Å². The number of nitrogens with zero attached hydrogens (tertiary/aromatic N) is 3. The molecule has 1 fully saturated rings. The van der Waals surface area contributed by atoms with Crippen LogP contribution in [0.3, 0.4) is 0 Å². The summed E-state index contributed by atoms with van der Waals surface area (Å²) in [6, 6.07) is 16.2. The number of halogens is 3. The van der Waals surface area contributed by atoms with Crippen molar-refractivity contribution in [1.82, 2.24) is 14.8 Å². The third-order valence-electron chi connectivity index (χ3n) is 7.06. The summed E-state index contributed by atoms with van der Waals surface area (Å²) in [6.45, 7) is 3.59. The van der Waals surface area contributed by atoms with E-state index in [0.717, 1.165) is 12.1 Å². The van der Waals surface area contributed by atoms with E-state index in [1.54, 1.807) is 41.3 Å². The maximum absolute atomic E-state index is 14.0. The van der Waals surface area contributed by atoms with E-state index >= 15 is 0 Å². The second kappa shape index (κ2) is 11.3. The largest absolute Gasteiger partial charge is 0.333 e. The number of fused-ring (bicyclic) bond motifs is 1. The molecule has 0 aliphatic carbocycles. The van der Waals surface area contributed by atoms with Gasteiger partial charge in [-0.2, -0.15) is 0 Å². The predicted octanol–water partition coefficient (Wildman–Crippen LogP) is 4.84. The number of carbonyl (C=O) groups excluding carboxylic acids is 1. The number of piperazine rings is 1. The van der Waals surface area contributed by atoms with Gasteiger partial charge in [0.05, 0.1) is 5.52 Å². The van der Waals surface area contributed by atoms with E-state index in [-0.39, 0.29) is 28.8 Å². The average molecular weight is 569 g/mol. The molecule has 1 saturated heterocycles. The Morgan fingerprint density at radius 1 is 0.975 bits per heavy atom. The Kier molecular flexibility index (Phi) is 7.77. The molecule has 1 N–H and O–H groups in total. The van der Waals surface area contributed by atoms with Gasteiger partial charge in [-0.1, -0.05) is 18.2 Å². The first kappa shape index (κ1) is 27.6. The lowest BCUT2D eigenvalue weighted by Gasteiger charge is -2.40. The summed E-state index contributed by atoms with van der Waals surface area (Å²) in [4.78, 5) is 21.2. The van der Waals surface area contributed by atoms with Crippen LogP contribution in [0.25, 0.3) is 10.9 Å². The van der Waals surface area contributed by atoms with Crippen LogP contribution < -0.4 is 4.72 Å². The van der Waals surface area contributed by atoms with Crippen LogP contribution in [0.1, 0.15) is 22.8 Å². The number of para-hydroxylation sites is 1. The third kappa shape index (κ3) is 5.66. The normalized spacial score (nSPS) is 16.3. The number of anilines is 1. The molecule has 1 amide bonds. The van der Waals surface area contributed by atoms with Gasteiger partial charge >= 0.3 is 0 Å². The molecule has 0 saturated carbocycles. The van der Waals surface area contributed by atoms with E-state index in [9.17, 15) is 26.4 Å². The Balaban J connectivity index is 1.21. The van der Waals surface area contributed by atoms with Crippen LogP contribution in [0.15, 0.2) is 77.8 Å². The molecule has 1 aromatic heterocycles. The first-order valence-electron chi connectivity index (χ1n) is 12.8. The van der Waals surface area contributed by atoms with Crippen molar-refractivity contribution < 1.29 is 26.4 Å². The molecular formula is C29H27F3N4O3S. The van der Waals surface area contributed by atoms with Crippen LogP contribution >= 0.6 is 0 Å².